The van der Waals surface area contributed by atoms with Crippen molar-refractivity contribution in [2.24, 2.45) is 0 Å². The number of nitrogens with zero attached hydrogens (tertiary/aromatic N) is 2. The zero-order valence-corrected chi connectivity index (χ0v) is 23.1. The summed E-state index contributed by atoms with van der Waals surface area (Å²) in [6, 6.07) is 24.8. The highest BCUT2D eigenvalue weighted by Crippen LogP contribution is 2.32. The molecule has 4 aromatic carbocycles. The molecule has 0 fully saturated rings. The fourth-order valence-corrected chi connectivity index (χ4v) is 6.75. The van der Waals surface area contributed by atoms with E-state index in [0.717, 1.165) is 22.5 Å². The third-order valence-electron chi connectivity index (χ3n) is 5.92. The zero-order chi connectivity index (χ0) is 27.4. The molecule has 39 heavy (non-hydrogen) atoms. The summed E-state index contributed by atoms with van der Waals surface area (Å²) < 4.78 is 40.2. The van der Waals surface area contributed by atoms with Crippen molar-refractivity contribution in [2.75, 3.05) is 24.3 Å². The minimum absolute atomic E-state index is 0.0685. The van der Waals surface area contributed by atoms with Crippen molar-refractivity contribution in [1.29, 1.82) is 0 Å². The third-order valence-corrected chi connectivity index (χ3v) is 8.67. The molecule has 5 rings (SSSR count). The first-order valence-electron chi connectivity index (χ1n) is 12.4. The van der Waals surface area contributed by atoms with E-state index in [4.69, 9.17) is 9.47 Å². The van der Waals surface area contributed by atoms with Gasteiger partial charge >= 0.3 is 0 Å². The Balaban J connectivity index is 1.45. The summed E-state index contributed by atoms with van der Waals surface area (Å²) in [5, 5.41) is 4.82. The summed E-state index contributed by atoms with van der Waals surface area (Å²) in [6.07, 6.45) is 0. The van der Waals surface area contributed by atoms with Crippen LogP contribution in [-0.2, 0) is 14.8 Å². The quantitative estimate of drug-likeness (QED) is 0.210. The van der Waals surface area contributed by atoms with E-state index in [1.54, 1.807) is 60.7 Å². The molecule has 0 aliphatic rings. The van der Waals surface area contributed by atoms with Crippen LogP contribution in [0.5, 0.6) is 11.5 Å². The second kappa shape index (κ2) is 11.4. The van der Waals surface area contributed by atoms with Crippen LogP contribution in [0.3, 0.4) is 0 Å². The molecule has 0 saturated carbocycles. The summed E-state index contributed by atoms with van der Waals surface area (Å²) >= 11 is 1.05. The lowest BCUT2D eigenvalue weighted by Gasteiger charge is -2.14. The van der Waals surface area contributed by atoms with E-state index in [-0.39, 0.29) is 21.7 Å². The fourth-order valence-electron chi connectivity index (χ4n) is 4.20. The Hall–Kier alpha value is -4.02. The van der Waals surface area contributed by atoms with Gasteiger partial charge in [0.2, 0.25) is 5.91 Å². The number of nitrogens with one attached hydrogen (secondary N) is 1. The number of carbonyl (C=O) groups excluding carboxylic acids is 1. The van der Waals surface area contributed by atoms with Crippen molar-refractivity contribution in [3.8, 4) is 11.5 Å². The van der Waals surface area contributed by atoms with Crippen LogP contribution >= 0.6 is 11.8 Å². The molecule has 200 valence electrons. The number of hydrogen-bond acceptors (Lipinski definition) is 7. The van der Waals surface area contributed by atoms with E-state index in [1.807, 2.05) is 38.1 Å². The Morgan fingerprint density at radius 2 is 1.64 bits per heavy atom. The van der Waals surface area contributed by atoms with E-state index >= 15 is 0 Å². The third kappa shape index (κ3) is 5.57. The molecule has 5 aromatic rings. The van der Waals surface area contributed by atoms with Gasteiger partial charge in [-0.2, -0.15) is 0 Å². The first-order chi connectivity index (χ1) is 18.9. The van der Waals surface area contributed by atoms with Crippen molar-refractivity contribution >= 4 is 55.2 Å². The molecule has 0 aliphatic heterocycles. The Morgan fingerprint density at radius 3 is 2.44 bits per heavy atom. The SMILES string of the molecule is CCOc1ccc(OCC)c(NC(=O)CSc2nc3ccccc3n2S(=O)(=O)c2ccc3ccccc3c2)c1. The monoisotopic (exact) mass is 561 g/mol. The lowest BCUT2D eigenvalue weighted by molar-refractivity contribution is -0.113. The second-order valence-corrected chi connectivity index (χ2v) is 11.3. The lowest BCUT2D eigenvalue weighted by Crippen LogP contribution is -2.17. The number of imidazole rings is 1. The maximum absolute atomic E-state index is 13.9. The maximum Gasteiger partial charge on any atom is 0.270 e. The smallest absolute Gasteiger partial charge is 0.270 e. The molecule has 0 unspecified atom stereocenters. The number of rotatable bonds is 10. The van der Waals surface area contributed by atoms with E-state index in [9.17, 15) is 13.2 Å². The van der Waals surface area contributed by atoms with Crippen LogP contribution in [0.2, 0.25) is 0 Å². The first kappa shape index (κ1) is 26.6. The molecule has 1 aromatic heterocycles. The zero-order valence-electron chi connectivity index (χ0n) is 21.5. The molecule has 1 N–H and O–H groups in total. The summed E-state index contributed by atoms with van der Waals surface area (Å²) in [4.78, 5) is 17.7. The second-order valence-electron chi connectivity index (χ2n) is 8.52. The van der Waals surface area contributed by atoms with Crippen molar-refractivity contribution in [1.82, 2.24) is 8.96 Å². The molecule has 1 amide bonds. The van der Waals surface area contributed by atoms with E-state index in [1.165, 1.54) is 3.97 Å². The molecule has 0 spiro atoms. The first-order valence-corrected chi connectivity index (χ1v) is 14.9. The molecule has 0 bridgehead atoms. The number of para-hydroxylation sites is 2. The average molecular weight is 562 g/mol. The van der Waals surface area contributed by atoms with Crippen molar-refractivity contribution < 1.29 is 22.7 Å². The standard InChI is InChI=1S/C29H27N3O5S2/c1-3-36-22-14-16-27(37-4-2)25(18-22)30-28(33)19-38-29-31-24-11-7-8-12-26(24)32(29)39(34,35)23-15-13-20-9-5-6-10-21(20)17-23/h5-18H,3-4,19H2,1-2H3,(H,30,33). The van der Waals surface area contributed by atoms with Gasteiger partial charge in [-0.1, -0.05) is 54.2 Å². The van der Waals surface area contributed by atoms with Gasteiger partial charge in [0, 0.05) is 6.07 Å². The van der Waals surface area contributed by atoms with E-state index in [0.29, 0.717) is 41.4 Å². The van der Waals surface area contributed by atoms with Gasteiger partial charge in [0.25, 0.3) is 10.0 Å². The van der Waals surface area contributed by atoms with Gasteiger partial charge < -0.3 is 14.8 Å². The van der Waals surface area contributed by atoms with Gasteiger partial charge in [-0.05, 0) is 61.0 Å². The molecular weight excluding hydrogens is 534 g/mol. The summed E-state index contributed by atoms with van der Waals surface area (Å²) in [5.41, 5.74) is 1.44. The normalized spacial score (nSPS) is 11.5. The van der Waals surface area contributed by atoms with Gasteiger partial charge in [-0.15, -0.1) is 0 Å². The topological polar surface area (TPSA) is 99.5 Å². The number of thioether (sulfide) groups is 1. The highest BCUT2D eigenvalue weighted by Gasteiger charge is 2.25. The summed E-state index contributed by atoms with van der Waals surface area (Å²) in [6.45, 7) is 4.66. The number of benzene rings is 4. The van der Waals surface area contributed by atoms with Crippen molar-refractivity contribution in [2.45, 2.75) is 23.9 Å². The van der Waals surface area contributed by atoms with Crippen LogP contribution < -0.4 is 14.8 Å². The van der Waals surface area contributed by atoms with Gasteiger partial charge in [-0.3, -0.25) is 4.79 Å². The van der Waals surface area contributed by atoms with Crippen LogP contribution in [0, 0.1) is 0 Å². The molecular formula is C29H27N3O5S2. The molecule has 10 heteroatoms. The number of aromatic nitrogens is 2. The Labute approximate surface area is 231 Å². The number of amides is 1. The maximum atomic E-state index is 13.9. The molecule has 0 aliphatic carbocycles. The highest BCUT2D eigenvalue weighted by molar-refractivity contribution is 8.00. The number of hydrogen-bond donors (Lipinski definition) is 1. The number of anilines is 1. The van der Waals surface area contributed by atoms with Crippen molar-refractivity contribution in [3.05, 3.63) is 84.9 Å². The highest BCUT2D eigenvalue weighted by atomic mass is 32.2. The minimum atomic E-state index is -4.01. The molecule has 8 nitrogen and oxygen atoms in total. The molecule has 1 heterocycles. The van der Waals surface area contributed by atoms with E-state index < -0.39 is 10.0 Å². The predicted molar refractivity (Wildman–Crippen MR) is 154 cm³/mol. The van der Waals surface area contributed by atoms with Gasteiger partial charge in [0.1, 0.15) is 11.5 Å². The van der Waals surface area contributed by atoms with Crippen LogP contribution in [0.1, 0.15) is 13.8 Å². The van der Waals surface area contributed by atoms with Gasteiger partial charge in [0.05, 0.1) is 40.6 Å². The van der Waals surface area contributed by atoms with Crippen LogP contribution in [0.15, 0.2) is 95.0 Å². The summed E-state index contributed by atoms with van der Waals surface area (Å²) in [5.74, 6) is 0.718. The average Bonchev–Trinajstić information content (AvgIpc) is 3.32. The van der Waals surface area contributed by atoms with Gasteiger partial charge in [-0.25, -0.2) is 17.4 Å². The van der Waals surface area contributed by atoms with Crippen LogP contribution in [0.4, 0.5) is 5.69 Å². The van der Waals surface area contributed by atoms with Gasteiger partial charge in [0.15, 0.2) is 5.16 Å². The Morgan fingerprint density at radius 1 is 0.897 bits per heavy atom. The lowest BCUT2D eigenvalue weighted by atomic mass is 10.1. The summed E-state index contributed by atoms with van der Waals surface area (Å²) in [7, 11) is -4.01. The van der Waals surface area contributed by atoms with Crippen LogP contribution in [0.25, 0.3) is 21.8 Å². The Kier molecular flexibility index (Phi) is 7.76. The molecule has 0 radical (unpaired) electrons. The number of carbonyl (C=O) groups is 1. The molecule has 0 saturated heterocycles. The molecule has 0 atom stereocenters. The van der Waals surface area contributed by atoms with Crippen molar-refractivity contribution in [3.63, 3.8) is 0 Å². The number of ether oxygens (including phenoxy) is 2. The fraction of sp³-hybridized carbons (Fsp3) is 0.172. The Bertz CT molecular complexity index is 1770. The minimum Gasteiger partial charge on any atom is -0.494 e. The predicted octanol–water partition coefficient (Wildman–Crippen LogP) is 5.95. The van der Waals surface area contributed by atoms with E-state index in [2.05, 4.69) is 10.3 Å². The van der Waals surface area contributed by atoms with Crippen LogP contribution in [-0.4, -0.2) is 42.2 Å². The largest absolute Gasteiger partial charge is 0.494 e. The number of fused-ring (bicyclic) bond motifs is 2.